The number of nitrogens with one attached hydrogen (secondary N) is 1. The van der Waals surface area contributed by atoms with Crippen LogP contribution in [0.1, 0.15) is 0 Å². The van der Waals surface area contributed by atoms with E-state index in [-0.39, 0.29) is 5.91 Å². The maximum absolute atomic E-state index is 12.1. The fourth-order valence-electron chi connectivity index (χ4n) is 3.24. The van der Waals surface area contributed by atoms with Crippen molar-refractivity contribution in [2.24, 2.45) is 0 Å². The topological polar surface area (TPSA) is 48.5 Å². The third kappa shape index (κ3) is 5.63. The molecule has 2 heterocycles. The lowest BCUT2D eigenvalue weighted by atomic mass is 10.3. The SMILES string of the molecule is O=C(CSc1ccc(Cl)cc1)NCCN1CCN(c2nc3ccccc3s2)CC1. The fourth-order valence-corrected chi connectivity index (χ4v) is 5.11. The van der Waals surface area contributed by atoms with Crippen LogP contribution in [0, 0.1) is 0 Å². The first-order chi connectivity index (χ1) is 14.2. The predicted molar refractivity (Wildman–Crippen MR) is 123 cm³/mol. The molecule has 0 atom stereocenters. The number of amides is 1. The highest BCUT2D eigenvalue weighted by atomic mass is 35.5. The van der Waals surface area contributed by atoms with E-state index in [2.05, 4.69) is 33.3 Å². The second kappa shape index (κ2) is 9.80. The summed E-state index contributed by atoms with van der Waals surface area (Å²) < 4.78 is 1.24. The molecule has 0 radical (unpaired) electrons. The lowest BCUT2D eigenvalue weighted by molar-refractivity contribution is -0.118. The number of aromatic nitrogens is 1. The van der Waals surface area contributed by atoms with Crippen LogP contribution in [0.2, 0.25) is 5.02 Å². The molecule has 8 heteroatoms. The average Bonchev–Trinajstić information content (AvgIpc) is 3.18. The van der Waals surface area contributed by atoms with Crippen LogP contribution in [-0.2, 0) is 4.79 Å². The number of hydrogen-bond acceptors (Lipinski definition) is 6. The van der Waals surface area contributed by atoms with E-state index in [4.69, 9.17) is 16.6 Å². The smallest absolute Gasteiger partial charge is 0.230 e. The van der Waals surface area contributed by atoms with Crippen molar-refractivity contribution < 1.29 is 4.79 Å². The van der Waals surface area contributed by atoms with Crippen LogP contribution in [0.4, 0.5) is 5.13 Å². The molecule has 1 N–H and O–H groups in total. The highest BCUT2D eigenvalue weighted by Gasteiger charge is 2.19. The van der Waals surface area contributed by atoms with E-state index in [0.29, 0.717) is 17.3 Å². The molecule has 1 aliphatic heterocycles. The van der Waals surface area contributed by atoms with Crippen molar-refractivity contribution in [2.45, 2.75) is 4.90 Å². The Morgan fingerprint density at radius 2 is 1.86 bits per heavy atom. The largest absolute Gasteiger partial charge is 0.354 e. The van der Waals surface area contributed by atoms with E-state index in [0.717, 1.165) is 48.3 Å². The lowest BCUT2D eigenvalue weighted by Gasteiger charge is -2.34. The molecule has 0 aliphatic carbocycles. The van der Waals surface area contributed by atoms with Gasteiger partial charge in [-0.2, -0.15) is 0 Å². The van der Waals surface area contributed by atoms with Crippen LogP contribution < -0.4 is 10.2 Å². The second-order valence-electron chi connectivity index (χ2n) is 6.89. The number of carbonyl (C=O) groups is 1. The number of fused-ring (bicyclic) bond motifs is 1. The molecule has 2 aromatic carbocycles. The number of thiazole rings is 1. The first-order valence-electron chi connectivity index (χ1n) is 9.65. The minimum Gasteiger partial charge on any atom is -0.354 e. The molecule has 29 heavy (non-hydrogen) atoms. The lowest BCUT2D eigenvalue weighted by Crippen LogP contribution is -2.48. The predicted octanol–water partition coefficient (Wildman–Crippen LogP) is 3.98. The van der Waals surface area contributed by atoms with Gasteiger partial charge in [-0.05, 0) is 36.4 Å². The highest BCUT2D eigenvalue weighted by molar-refractivity contribution is 8.00. The minimum absolute atomic E-state index is 0.0676. The van der Waals surface area contributed by atoms with Crippen LogP contribution in [0.15, 0.2) is 53.4 Å². The average molecular weight is 447 g/mol. The number of nitrogens with zero attached hydrogens (tertiary/aromatic N) is 3. The van der Waals surface area contributed by atoms with Gasteiger partial charge in [0.25, 0.3) is 0 Å². The summed E-state index contributed by atoms with van der Waals surface area (Å²) in [5.74, 6) is 0.491. The van der Waals surface area contributed by atoms with Gasteiger partial charge in [0.2, 0.25) is 5.91 Å². The Balaban J connectivity index is 1.15. The number of hydrogen-bond donors (Lipinski definition) is 1. The van der Waals surface area contributed by atoms with Gasteiger partial charge < -0.3 is 10.2 Å². The molecule has 1 aromatic heterocycles. The molecular weight excluding hydrogens is 424 g/mol. The van der Waals surface area contributed by atoms with Crippen LogP contribution in [0.5, 0.6) is 0 Å². The summed E-state index contributed by atoms with van der Waals surface area (Å²) >= 11 is 9.17. The Kier molecular flexibility index (Phi) is 6.92. The molecule has 0 spiro atoms. The van der Waals surface area contributed by atoms with Gasteiger partial charge in [0.15, 0.2) is 5.13 Å². The summed E-state index contributed by atoms with van der Waals surface area (Å²) in [5, 5.41) is 4.84. The normalized spacial score (nSPS) is 15.0. The summed E-state index contributed by atoms with van der Waals surface area (Å²) in [4.78, 5) is 22.6. The Bertz CT molecular complexity index is 922. The Morgan fingerprint density at radius 1 is 1.10 bits per heavy atom. The van der Waals surface area contributed by atoms with Gasteiger partial charge in [-0.1, -0.05) is 35.1 Å². The maximum Gasteiger partial charge on any atom is 0.230 e. The maximum atomic E-state index is 12.1. The molecule has 3 aromatic rings. The second-order valence-corrected chi connectivity index (χ2v) is 9.38. The van der Waals surface area contributed by atoms with Crippen molar-refractivity contribution in [3.05, 3.63) is 53.6 Å². The van der Waals surface area contributed by atoms with Crippen LogP contribution in [-0.4, -0.2) is 60.8 Å². The summed E-state index contributed by atoms with van der Waals surface area (Å²) in [6.45, 7) is 5.49. The number of benzene rings is 2. The zero-order valence-electron chi connectivity index (χ0n) is 16.0. The van der Waals surface area contributed by atoms with E-state index < -0.39 is 0 Å². The Morgan fingerprint density at radius 3 is 2.62 bits per heavy atom. The molecule has 1 fully saturated rings. The van der Waals surface area contributed by atoms with Crippen molar-refractivity contribution >= 4 is 56.0 Å². The summed E-state index contributed by atoms with van der Waals surface area (Å²) in [6, 6.07) is 15.8. The van der Waals surface area contributed by atoms with Gasteiger partial charge in [0, 0.05) is 49.2 Å². The van der Waals surface area contributed by atoms with Crippen molar-refractivity contribution in [3.8, 4) is 0 Å². The van der Waals surface area contributed by atoms with Crippen molar-refractivity contribution in [2.75, 3.05) is 49.9 Å². The van der Waals surface area contributed by atoms with Gasteiger partial charge in [-0.15, -0.1) is 11.8 Å². The first-order valence-corrected chi connectivity index (χ1v) is 11.8. The first kappa shape index (κ1) is 20.5. The summed E-state index contributed by atoms with van der Waals surface area (Å²) in [7, 11) is 0. The van der Waals surface area contributed by atoms with Gasteiger partial charge in [-0.3, -0.25) is 9.69 Å². The zero-order valence-corrected chi connectivity index (χ0v) is 18.4. The third-order valence-corrected chi connectivity index (χ3v) is 7.22. The molecule has 5 nitrogen and oxygen atoms in total. The summed E-state index contributed by atoms with van der Waals surface area (Å²) in [5.41, 5.74) is 1.08. The van der Waals surface area contributed by atoms with Gasteiger partial charge in [0.05, 0.1) is 16.0 Å². The molecule has 1 aliphatic rings. The van der Waals surface area contributed by atoms with Crippen molar-refractivity contribution in [1.82, 2.24) is 15.2 Å². The van der Waals surface area contributed by atoms with Crippen molar-refractivity contribution in [3.63, 3.8) is 0 Å². The molecule has 1 amide bonds. The van der Waals surface area contributed by atoms with E-state index in [1.807, 2.05) is 30.3 Å². The number of anilines is 1. The van der Waals surface area contributed by atoms with Crippen LogP contribution in [0.25, 0.3) is 10.2 Å². The number of thioether (sulfide) groups is 1. The van der Waals surface area contributed by atoms with Gasteiger partial charge in [0.1, 0.15) is 0 Å². The van der Waals surface area contributed by atoms with Gasteiger partial charge >= 0.3 is 0 Å². The van der Waals surface area contributed by atoms with E-state index >= 15 is 0 Å². The minimum atomic E-state index is 0.0676. The molecule has 1 saturated heterocycles. The number of halogens is 1. The van der Waals surface area contributed by atoms with Crippen molar-refractivity contribution in [1.29, 1.82) is 0 Å². The molecule has 0 bridgehead atoms. The summed E-state index contributed by atoms with van der Waals surface area (Å²) in [6.07, 6.45) is 0. The standard InChI is InChI=1S/C21H23ClN4OS2/c22-16-5-7-17(8-6-16)28-15-20(27)23-9-10-25-11-13-26(14-12-25)21-24-18-3-1-2-4-19(18)29-21/h1-8H,9-15H2,(H,23,27). The molecular formula is C21H23ClN4OS2. The quantitative estimate of drug-likeness (QED) is 0.556. The molecule has 4 rings (SSSR count). The van der Waals surface area contributed by atoms with Gasteiger partial charge in [-0.25, -0.2) is 4.98 Å². The van der Waals surface area contributed by atoms with Crippen LogP contribution >= 0.6 is 34.7 Å². The Labute approximate surface area is 184 Å². The number of piperazine rings is 1. The zero-order chi connectivity index (χ0) is 20.1. The number of para-hydroxylation sites is 1. The monoisotopic (exact) mass is 446 g/mol. The number of rotatable bonds is 7. The number of carbonyl (C=O) groups excluding carboxylic acids is 1. The molecule has 0 unspecified atom stereocenters. The molecule has 152 valence electrons. The van der Waals surface area contributed by atoms with E-state index in [1.54, 1.807) is 11.3 Å². The van der Waals surface area contributed by atoms with Crippen LogP contribution in [0.3, 0.4) is 0 Å². The Hall–Kier alpha value is -1.80. The highest BCUT2D eigenvalue weighted by Crippen LogP contribution is 2.29. The van der Waals surface area contributed by atoms with E-state index in [1.165, 1.54) is 16.5 Å². The fraction of sp³-hybridized carbons (Fsp3) is 0.333. The molecule has 0 saturated carbocycles. The third-order valence-electron chi connectivity index (χ3n) is 4.86. The van der Waals surface area contributed by atoms with E-state index in [9.17, 15) is 4.79 Å².